The predicted molar refractivity (Wildman–Crippen MR) is 51.3 cm³/mol. The van der Waals surface area contributed by atoms with Gasteiger partial charge in [0, 0.05) is 12.1 Å². The number of nitrogens with one attached hydrogen (secondary N) is 1. The molecule has 2 saturated heterocycles. The van der Waals surface area contributed by atoms with Gasteiger partial charge in [0.1, 0.15) is 0 Å². The largest absolute Gasteiger partial charge is 0.315 e. The van der Waals surface area contributed by atoms with E-state index in [-0.39, 0.29) is 0 Å². The minimum Gasteiger partial charge on any atom is -0.315 e. The second-order valence-corrected chi connectivity index (χ2v) is 4.47. The van der Waals surface area contributed by atoms with Crippen LogP contribution in [0.4, 0.5) is 0 Å². The van der Waals surface area contributed by atoms with Crippen LogP contribution in [0.15, 0.2) is 0 Å². The van der Waals surface area contributed by atoms with E-state index in [2.05, 4.69) is 17.1 Å². The van der Waals surface area contributed by atoms with Crippen LogP contribution in [0.5, 0.6) is 0 Å². The van der Waals surface area contributed by atoms with Crippen molar-refractivity contribution in [3.8, 4) is 0 Å². The summed E-state index contributed by atoms with van der Waals surface area (Å²) in [5, 5.41) is 3.47. The summed E-state index contributed by atoms with van der Waals surface area (Å²) in [5.41, 5.74) is 0.487. The standard InChI is InChI=1S/C10H20N2/c1-10(5-6-11-9-10)12-7-3-2-4-8-12/h11H,2-9H2,1H3/t10-/m0/s1. The summed E-state index contributed by atoms with van der Waals surface area (Å²) < 4.78 is 0. The summed E-state index contributed by atoms with van der Waals surface area (Å²) in [6, 6.07) is 0. The predicted octanol–water partition coefficient (Wildman–Crippen LogP) is 1.22. The summed E-state index contributed by atoms with van der Waals surface area (Å²) >= 11 is 0. The Labute approximate surface area is 75.3 Å². The molecule has 12 heavy (non-hydrogen) atoms. The lowest BCUT2D eigenvalue weighted by molar-refractivity contribution is 0.0964. The number of likely N-dealkylation sites (tertiary alicyclic amines) is 1. The molecule has 2 nitrogen and oxygen atoms in total. The maximum Gasteiger partial charge on any atom is 0.0317 e. The van der Waals surface area contributed by atoms with Gasteiger partial charge < -0.3 is 5.32 Å². The van der Waals surface area contributed by atoms with Gasteiger partial charge in [0.05, 0.1) is 0 Å². The summed E-state index contributed by atoms with van der Waals surface area (Å²) in [5.74, 6) is 0. The van der Waals surface area contributed by atoms with Gasteiger partial charge in [-0.15, -0.1) is 0 Å². The normalized spacial score (nSPS) is 38.8. The number of hydrogen-bond acceptors (Lipinski definition) is 2. The Morgan fingerprint density at radius 2 is 1.92 bits per heavy atom. The van der Waals surface area contributed by atoms with Crippen LogP contribution in [-0.2, 0) is 0 Å². The second kappa shape index (κ2) is 3.35. The molecule has 1 atom stereocenters. The van der Waals surface area contributed by atoms with E-state index in [1.54, 1.807) is 0 Å². The molecule has 2 heterocycles. The van der Waals surface area contributed by atoms with Crippen molar-refractivity contribution in [3.05, 3.63) is 0 Å². The van der Waals surface area contributed by atoms with Gasteiger partial charge in [-0.05, 0) is 45.8 Å². The molecule has 2 aliphatic rings. The molecular formula is C10H20N2. The van der Waals surface area contributed by atoms with E-state index in [1.165, 1.54) is 51.9 Å². The second-order valence-electron chi connectivity index (χ2n) is 4.47. The van der Waals surface area contributed by atoms with E-state index in [4.69, 9.17) is 0 Å². The van der Waals surface area contributed by atoms with Crippen molar-refractivity contribution in [2.45, 2.75) is 38.1 Å². The van der Waals surface area contributed by atoms with Gasteiger partial charge in [-0.25, -0.2) is 0 Å². The monoisotopic (exact) mass is 168 g/mol. The highest BCUT2D eigenvalue weighted by atomic mass is 15.2. The Morgan fingerprint density at radius 1 is 1.17 bits per heavy atom. The molecule has 0 spiro atoms. The lowest BCUT2D eigenvalue weighted by atomic mass is 9.96. The highest BCUT2D eigenvalue weighted by Crippen LogP contribution is 2.25. The summed E-state index contributed by atoms with van der Waals surface area (Å²) in [6.45, 7) is 7.49. The minimum absolute atomic E-state index is 0.487. The molecule has 2 aliphatic heterocycles. The molecule has 2 heteroatoms. The van der Waals surface area contributed by atoms with Gasteiger partial charge >= 0.3 is 0 Å². The van der Waals surface area contributed by atoms with Crippen LogP contribution >= 0.6 is 0 Å². The third-order valence-corrected chi connectivity index (χ3v) is 3.47. The van der Waals surface area contributed by atoms with Crippen molar-refractivity contribution in [2.75, 3.05) is 26.2 Å². The molecule has 0 aliphatic carbocycles. The van der Waals surface area contributed by atoms with E-state index in [0.29, 0.717) is 5.54 Å². The van der Waals surface area contributed by atoms with Crippen molar-refractivity contribution in [1.82, 2.24) is 10.2 Å². The zero-order valence-electron chi connectivity index (χ0n) is 8.10. The van der Waals surface area contributed by atoms with Crippen LogP contribution in [-0.4, -0.2) is 36.6 Å². The molecule has 0 aromatic heterocycles. The van der Waals surface area contributed by atoms with E-state index in [0.717, 1.165) is 0 Å². The number of hydrogen-bond donors (Lipinski definition) is 1. The smallest absolute Gasteiger partial charge is 0.0317 e. The Kier molecular flexibility index (Phi) is 2.37. The Bertz CT molecular complexity index is 144. The highest BCUT2D eigenvalue weighted by Gasteiger charge is 2.34. The van der Waals surface area contributed by atoms with Gasteiger partial charge in [-0.1, -0.05) is 6.42 Å². The maximum atomic E-state index is 3.47. The van der Waals surface area contributed by atoms with Gasteiger partial charge in [0.15, 0.2) is 0 Å². The molecule has 2 fully saturated rings. The van der Waals surface area contributed by atoms with E-state index in [1.807, 2.05) is 0 Å². The van der Waals surface area contributed by atoms with Crippen LogP contribution in [0.1, 0.15) is 32.6 Å². The average Bonchev–Trinajstić information content (AvgIpc) is 2.55. The molecule has 0 aromatic rings. The number of rotatable bonds is 1. The minimum atomic E-state index is 0.487. The van der Waals surface area contributed by atoms with Crippen LogP contribution in [0.3, 0.4) is 0 Å². The average molecular weight is 168 g/mol. The van der Waals surface area contributed by atoms with Gasteiger partial charge in [-0.2, -0.15) is 0 Å². The van der Waals surface area contributed by atoms with Gasteiger partial charge in [0.2, 0.25) is 0 Å². The number of nitrogens with zero attached hydrogens (tertiary/aromatic N) is 1. The lowest BCUT2D eigenvalue weighted by Gasteiger charge is -2.40. The number of piperidine rings is 1. The zero-order chi connectivity index (χ0) is 8.44. The molecule has 1 N–H and O–H groups in total. The molecule has 2 rings (SSSR count). The van der Waals surface area contributed by atoms with Crippen LogP contribution in [0, 0.1) is 0 Å². The van der Waals surface area contributed by atoms with Crippen molar-refractivity contribution in [3.63, 3.8) is 0 Å². The molecule has 0 bridgehead atoms. The topological polar surface area (TPSA) is 15.3 Å². The molecule has 0 unspecified atom stereocenters. The molecule has 0 amide bonds. The van der Waals surface area contributed by atoms with Crippen molar-refractivity contribution < 1.29 is 0 Å². The van der Waals surface area contributed by atoms with E-state index >= 15 is 0 Å². The zero-order valence-corrected chi connectivity index (χ0v) is 8.10. The summed E-state index contributed by atoms with van der Waals surface area (Å²) in [6.07, 6.45) is 5.61. The van der Waals surface area contributed by atoms with Crippen LogP contribution < -0.4 is 5.32 Å². The highest BCUT2D eigenvalue weighted by molar-refractivity contribution is 4.94. The molecule has 70 valence electrons. The summed E-state index contributed by atoms with van der Waals surface area (Å²) in [7, 11) is 0. The van der Waals surface area contributed by atoms with Crippen LogP contribution in [0.2, 0.25) is 0 Å². The first-order valence-electron chi connectivity index (χ1n) is 5.27. The van der Waals surface area contributed by atoms with E-state index in [9.17, 15) is 0 Å². The lowest BCUT2D eigenvalue weighted by Crippen LogP contribution is -2.50. The van der Waals surface area contributed by atoms with E-state index < -0.39 is 0 Å². The SMILES string of the molecule is C[C@]1(N2CCCCC2)CCNC1. The fraction of sp³-hybridized carbons (Fsp3) is 1.00. The third-order valence-electron chi connectivity index (χ3n) is 3.47. The van der Waals surface area contributed by atoms with Crippen molar-refractivity contribution in [2.24, 2.45) is 0 Å². The molecule has 0 saturated carbocycles. The fourth-order valence-corrected chi connectivity index (χ4v) is 2.51. The van der Waals surface area contributed by atoms with Crippen molar-refractivity contribution in [1.29, 1.82) is 0 Å². The molecule has 0 radical (unpaired) electrons. The fourth-order valence-electron chi connectivity index (χ4n) is 2.51. The first-order valence-corrected chi connectivity index (χ1v) is 5.27. The third kappa shape index (κ3) is 1.50. The molecular weight excluding hydrogens is 148 g/mol. The van der Waals surface area contributed by atoms with Gasteiger partial charge in [0.25, 0.3) is 0 Å². The Balaban J connectivity index is 1.96. The van der Waals surface area contributed by atoms with Crippen molar-refractivity contribution >= 4 is 0 Å². The molecule has 0 aromatic carbocycles. The Hall–Kier alpha value is -0.0800. The maximum absolute atomic E-state index is 3.47. The summed E-state index contributed by atoms with van der Waals surface area (Å²) in [4.78, 5) is 2.69. The van der Waals surface area contributed by atoms with Gasteiger partial charge in [-0.3, -0.25) is 4.90 Å². The first-order chi connectivity index (χ1) is 5.81. The first kappa shape index (κ1) is 8.52. The van der Waals surface area contributed by atoms with Crippen LogP contribution in [0.25, 0.3) is 0 Å². The Morgan fingerprint density at radius 3 is 2.50 bits per heavy atom. The quantitative estimate of drug-likeness (QED) is 0.633.